The number of hydrogen-bond acceptors (Lipinski definition) is 1. The van der Waals surface area contributed by atoms with Crippen LogP contribution in [0.4, 0.5) is 0 Å². The lowest BCUT2D eigenvalue weighted by molar-refractivity contribution is 0.271. The predicted octanol–water partition coefficient (Wildman–Crippen LogP) is 3.97. The minimum Gasteiger partial charge on any atom is -0.328 e. The van der Waals surface area contributed by atoms with Crippen molar-refractivity contribution in [2.75, 3.05) is 0 Å². The van der Waals surface area contributed by atoms with Gasteiger partial charge in [-0.05, 0) is 24.2 Å². The fourth-order valence-corrected chi connectivity index (χ4v) is 2.06. The SMILES string of the molecule is CCCC(C)CC(N)CC(C)(C)CC. The van der Waals surface area contributed by atoms with E-state index in [9.17, 15) is 0 Å². The van der Waals surface area contributed by atoms with Crippen LogP contribution in [0.5, 0.6) is 0 Å². The molecule has 0 spiro atoms. The van der Waals surface area contributed by atoms with E-state index in [4.69, 9.17) is 5.73 Å². The molecule has 2 atom stereocenters. The van der Waals surface area contributed by atoms with E-state index >= 15 is 0 Å². The van der Waals surface area contributed by atoms with Gasteiger partial charge in [-0.25, -0.2) is 0 Å². The third kappa shape index (κ3) is 6.42. The average molecular weight is 199 g/mol. The number of nitrogens with two attached hydrogens (primary N) is 1. The maximum absolute atomic E-state index is 6.17. The molecular formula is C13H29N. The minimum absolute atomic E-state index is 0.395. The van der Waals surface area contributed by atoms with Crippen LogP contribution in [0.25, 0.3) is 0 Å². The quantitative estimate of drug-likeness (QED) is 0.659. The van der Waals surface area contributed by atoms with E-state index in [-0.39, 0.29) is 0 Å². The summed E-state index contributed by atoms with van der Waals surface area (Å²) in [6.07, 6.45) is 6.18. The van der Waals surface area contributed by atoms with Crippen molar-refractivity contribution in [2.45, 2.75) is 72.8 Å². The number of hydrogen-bond donors (Lipinski definition) is 1. The van der Waals surface area contributed by atoms with Gasteiger partial charge in [0.1, 0.15) is 0 Å². The van der Waals surface area contributed by atoms with Gasteiger partial charge in [0.25, 0.3) is 0 Å². The van der Waals surface area contributed by atoms with Gasteiger partial charge in [0, 0.05) is 6.04 Å². The average Bonchev–Trinajstić information content (AvgIpc) is 2.03. The highest BCUT2D eigenvalue weighted by Crippen LogP contribution is 2.27. The molecule has 0 heterocycles. The van der Waals surface area contributed by atoms with Gasteiger partial charge in [-0.15, -0.1) is 0 Å². The molecule has 0 rings (SSSR count). The highest BCUT2D eigenvalue weighted by Gasteiger charge is 2.20. The maximum Gasteiger partial charge on any atom is 0.00464 e. The summed E-state index contributed by atoms with van der Waals surface area (Å²) in [6.45, 7) is 11.5. The Morgan fingerprint density at radius 1 is 1.21 bits per heavy atom. The van der Waals surface area contributed by atoms with E-state index in [1.807, 2.05) is 0 Å². The standard InChI is InChI=1S/C13H29N/c1-6-8-11(3)9-12(14)10-13(4,5)7-2/h11-12H,6-10,14H2,1-5H3. The summed E-state index contributed by atoms with van der Waals surface area (Å²) in [4.78, 5) is 0. The molecule has 0 bridgehead atoms. The first-order valence-electron chi connectivity index (χ1n) is 6.16. The second-order valence-electron chi connectivity index (χ2n) is 5.61. The molecule has 1 heteroatoms. The fraction of sp³-hybridized carbons (Fsp3) is 1.00. The molecule has 0 saturated heterocycles. The van der Waals surface area contributed by atoms with Gasteiger partial charge < -0.3 is 5.73 Å². The second kappa shape index (κ2) is 6.44. The predicted molar refractivity (Wildman–Crippen MR) is 65.4 cm³/mol. The van der Waals surface area contributed by atoms with Gasteiger partial charge in [0.2, 0.25) is 0 Å². The molecule has 0 fully saturated rings. The van der Waals surface area contributed by atoms with Crippen LogP contribution < -0.4 is 5.73 Å². The summed E-state index contributed by atoms with van der Waals surface area (Å²) in [5, 5.41) is 0. The third-order valence-corrected chi connectivity index (χ3v) is 3.26. The highest BCUT2D eigenvalue weighted by atomic mass is 14.6. The van der Waals surface area contributed by atoms with Crippen LogP contribution in [0.15, 0.2) is 0 Å². The highest BCUT2D eigenvalue weighted by molar-refractivity contribution is 4.75. The largest absolute Gasteiger partial charge is 0.328 e. The summed E-state index contributed by atoms with van der Waals surface area (Å²) in [5.74, 6) is 0.794. The first kappa shape index (κ1) is 14.0. The molecule has 14 heavy (non-hydrogen) atoms. The second-order valence-corrected chi connectivity index (χ2v) is 5.61. The van der Waals surface area contributed by atoms with Gasteiger partial charge in [0.15, 0.2) is 0 Å². The molecule has 0 amide bonds. The molecule has 86 valence electrons. The Hall–Kier alpha value is -0.0400. The van der Waals surface area contributed by atoms with Crippen molar-refractivity contribution in [1.82, 2.24) is 0 Å². The Kier molecular flexibility index (Phi) is 6.43. The Morgan fingerprint density at radius 3 is 2.21 bits per heavy atom. The molecule has 0 aromatic rings. The van der Waals surface area contributed by atoms with Gasteiger partial charge in [-0.3, -0.25) is 0 Å². The van der Waals surface area contributed by atoms with E-state index < -0.39 is 0 Å². The first-order chi connectivity index (χ1) is 6.41. The topological polar surface area (TPSA) is 26.0 Å². The van der Waals surface area contributed by atoms with Crippen LogP contribution in [0.3, 0.4) is 0 Å². The van der Waals surface area contributed by atoms with E-state index in [0.29, 0.717) is 11.5 Å². The van der Waals surface area contributed by atoms with Crippen LogP contribution in [0, 0.1) is 11.3 Å². The third-order valence-electron chi connectivity index (χ3n) is 3.26. The van der Waals surface area contributed by atoms with E-state index in [1.54, 1.807) is 0 Å². The zero-order valence-corrected chi connectivity index (χ0v) is 10.8. The lowest BCUT2D eigenvalue weighted by atomic mass is 9.81. The van der Waals surface area contributed by atoms with Crippen LogP contribution in [0.1, 0.15) is 66.7 Å². The molecule has 0 aromatic carbocycles. The van der Waals surface area contributed by atoms with Gasteiger partial charge in [-0.2, -0.15) is 0 Å². The maximum atomic E-state index is 6.17. The van der Waals surface area contributed by atoms with E-state index in [0.717, 1.165) is 12.3 Å². The molecule has 0 aliphatic heterocycles. The smallest absolute Gasteiger partial charge is 0.00464 e. The minimum atomic E-state index is 0.395. The Labute approximate surface area is 90.5 Å². The van der Waals surface area contributed by atoms with Crippen LogP contribution >= 0.6 is 0 Å². The van der Waals surface area contributed by atoms with Gasteiger partial charge in [-0.1, -0.05) is 53.9 Å². The molecule has 0 aromatic heterocycles. The molecule has 0 saturated carbocycles. The molecular weight excluding hydrogens is 170 g/mol. The monoisotopic (exact) mass is 199 g/mol. The van der Waals surface area contributed by atoms with Crippen molar-refractivity contribution < 1.29 is 0 Å². The van der Waals surface area contributed by atoms with Crippen molar-refractivity contribution in [3.63, 3.8) is 0 Å². The van der Waals surface area contributed by atoms with Crippen molar-refractivity contribution in [1.29, 1.82) is 0 Å². The zero-order chi connectivity index (χ0) is 11.2. The van der Waals surface area contributed by atoms with Crippen LogP contribution in [-0.4, -0.2) is 6.04 Å². The lowest BCUT2D eigenvalue weighted by Crippen LogP contribution is -2.29. The first-order valence-corrected chi connectivity index (χ1v) is 6.16. The molecule has 0 aliphatic rings. The van der Waals surface area contributed by atoms with Gasteiger partial charge in [0.05, 0.1) is 0 Å². The molecule has 0 radical (unpaired) electrons. The van der Waals surface area contributed by atoms with Crippen molar-refractivity contribution in [3.8, 4) is 0 Å². The van der Waals surface area contributed by atoms with Crippen molar-refractivity contribution in [2.24, 2.45) is 17.1 Å². The normalized spacial score (nSPS) is 16.7. The summed E-state index contributed by atoms with van der Waals surface area (Å²) < 4.78 is 0. The molecule has 2 unspecified atom stereocenters. The van der Waals surface area contributed by atoms with Crippen molar-refractivity contribution >= 4 is 0 Å². The summed E-state index contributed by atoms with van der Waals surface area (Å²) in [5.41, 5.74) is 6.59. The zero-order valence-electron chi connectivity index (χ0n) is 10.8. The van der Waals surface area contributed by atoms with Crippen molar-refractivity contribution in [3.05, 3.63) is 0 Å². The Morgan fingerprint density at radius 2 is 1.79 bits per heavy atom. The van der Waals surface area contributed by atoms with Crippen LogP contribution in [-0.2, 0) is 0 Å². The van der Waals surface area contributed by atoms with E-state index in [1.165, 1.54) is 25.7 Å². The number of rotatable bonds is 7. The molecule has 0 aliphatic carbocycles. The van der Waals surface area contributed by atoms with Crippen LogP contribution in [0.2, 0.25) is 0 Å². The van der Waals surface area contributed by atoms with Gasteiger partial charge >= 0.3 is 0 Å². The Bertz CT molecular complexity index is 140. The summed E-state index contributed by atoms with van der Waals surface area (Å²) in [6, 6.07) is 0.395. The fourth-order valence-electron chi connectivity index (χ4n) is 2.06. The summed E-state index contributed by atoms with van der Waals surface area (Å²) in [7, 11) is 0. The molecule has 1 nitrogen and oxygen atoms in total. The summed E-state index contributed by atoms with van der Waals surface area (Å²) >= 11 is 0. The molecule has 2 N–H and O–H groups in total. The lowest BCUT2D eigenvalue weighted by Gasteiger charge is -2.27. The Balaban J connectivity index is 3.79. The van der Waals surface area contributed by atoms with E-state index in [2.05, 4.69) is 34.6 Å².